The molecule has 25 heavy (non-hydrogen) atoms. The van der Waals surface area contributed by atoms with Gasteiger partial charge in [-0.05, 0) is 49.4 Å². The highest BCUT2D eigenvalue weighted by Crippen LogP contribution is 2.36. The van der Waals surface area contributed by atoms with E-state index in [1.165, 1.54) is 55.2 Å². The molecule has 132 valence electrons. The average molecular weight is 335 g/mol. The summed E-state index contributed by atoms with van der Waals surface area (Å²) >= 11 is 0. The quantitative estimate of drug-likeness (QED) is 0.760. The molecule has 0 aromatic heterocycles. The van der Waals surface area contributed by atoms with Crippen LogP contribution in [0.5, 0.6) is 5.75 Å². The molecule has 2 aliphatic carbocycles. The molecule has 1 unspecified atom stereocenters. The number of hydrogen-bond acceptors (Lipinski definition) is 2. The van der Waals surface area contributed by atoms with Gasteiger partial charge in [-0.1, -0.05) is 67.6 Å². The van der Waals surface area contributed by atoms with Crippen LogP contribution in [0.15, 0.2) is 48.5 Å². The van der Waals surface area contributed by atoms with Gasteiger partial charge in [0.05, 0.1) is 6.04 Å². The third-order valence-electron chi connectivity index (χ3n) is 5.76. The highest BCUT2D eigenvalue weighted by atomic mass is 16.5. The summed E-state index contributed by atoms with van der Waals surface area (Å²) in [5.74, 6) is 0.972. The maximum Gasteiger partial charge on any atom is 0.140 e. The molecule has 2 aromatic rings. The zero-order valence-electron chi connectivity index (χ0n) is 15.2. The van der Waals surface area contributed by atoms with E-state index in [0.717, 1.165) is 12.2 Å². The molecule has 0 radical (unpaired) electrons. The lowest BCUT2D eigenvalue weighted by molar-refractivity contribution is 0.157. The van der Waals surface area contributed by atoms with E-state index in [9.17, 15) is 0 Å². The smallest absolute Gasteiger partial charge is 0.140 e. The van der Waals surface area contributed by atoms with Crippen LogP contribution in [0.25, 0.3) is 0 Å². The van der Waals surface area contributed by atoms with Gasteiger partial charge in [-0.25, -0.2) is 0 Å². The predicted molar refractivity (Wildman–Crippen MR) is 103 cm³/mol. The zero-order chi connectivity index (χ0) is 17.1. The van der Waals surface area contributed by atoms with Gasteiger partial charge < -0.3 is 10.1 Å². The van der Waals surface area contributed by atoms with Crippen LogP contribution in [0.3, 0.4) is 0 Å². The van der Waals surface area contributed by atoms with Crippen molar-refractivity contribution in [2.24, 2.45) is 0 Å². The van der Waals surface area contributed by atoms with Gasteiger partial charge in [0.1, 0.15) is 11.9 Å². The maximum atomic E-state index is 6.48. The SMILES string of the molecule is Cc1ccc(OC2c3ccccc3C[C@H]2NC2CCCCCC2)cc1. The number of aryl methyl sites for hydroxylation is 1. The van der Waals surface area contributed by atoms with E-state index < -0.39 is 0 Å². The number of ether oxygens (including phenoxy) is 1. The Hall–Kier alpha value is -1.80. The standard InChI is InChI=1S/C23H29NO/c1-17-12-14-20(15-13-17)25-23-21-11-7-6-8-18(21)16-22(23)24-19-9-4-2-3-5-10-19/h6-8,11-15,19,22-24H,2-5,9-10,16H2,1H3/t22-,23?/m1/s1. The van der Waals surface area contributed by atoms with Crippen LogP contribution in [0.2, 0.25) is 0 Å². The van der Waals surface area contributed by atoms with Crippen LogP contribution in [0.1, 0.15) is 61.3 Å². The molecule has 2 atom stereocenters. The van der Waals surface area contributed by atoms with Gasteiger partial charge in [0.2, 0.25) is 0 Å². The van der Waals surface area contributed by atoms with Crippen molar-refractivity contribution in [2.75, 3.05) is 0 Å². The monoisotopic (exact) mass is 335 g/mol. The van der Waals surface area contributed by atoms with E-state index in [-0.39, 0.29) is 6.10 Å². The Bertz CT molecular complexity index is 685. The minimum absolute atomic E-state index is 0.113. The Labute approximate surface area is 151 Å². The van der Waals surface area contributed by atoms with Crippen LogP contribution in [-0.2, 0) is 6.42 Å². The molecule has 0 saturated heterocycles. The molecule has 2 aliphatic rings. The third kappa shape index (κ3) is 3.90. The molecule has 2 aromatic carbocycles. The van der Waals surface area contributed by atoms with Crippen LogP contribution >= 0.6 is 0 Å². The summed E-state index contributed by atoms with van der Waals surface area (Å²) in [5.41, 5.74) is 4.06. The summed E-state index contributed by atoms with van der Waals surface area (Å²) in [4.78, 5) is 0. The van der Waals surface area contributed by atoms with E-state index in [1.807, 2.05) is 0 Å². The molecule has 2 nitrogen and oxygen atoms in total. The predicted octanol–water partition coefficient (Wildman–Crippen LogP) is 5.35. The summed E-state index contributed by atoms with van der Waals surface area (Å²) in [6.07, 6.45) is 9.32. The first-order valence-electron chi connectivity index (χ1n) is 9.87. The van der Waals surface area contributed by atoms with Crippen molar-refractivity contribution in [3.63, 3.8) is 0 Å². The van der Waals surface area contributed by atoms with Crippen molar-refractivity contribution in [2.45, 2.75) is 70.1 Å². The molecular formula is C23H29NO. The summed E-state index contributed by atoms with van der Waals surface area (Å²) in [7, 11) is 0. The minimum atomic E-state index is 0.113. The lowest BCUT2D eigenvalue weighted by atomic mass is 10.1. The van der Waals surface area contributed by atoms with E-state index in [4.69, 9.17) is 4.74 Å². The molecule has 0 amide bonds. The van der Waals surface area contributed by atoms with Crippen molar-refractivity contribution in [3.05, 3.63) is 65.2 Å². The normalized spacial score (nSPS) is 23.9. The highest BCUT2D eigenvalue weighted by molar-refractivity contribution is 5.38. The fraction of sp³-hybridized carbons (Fsp3) is 0.478. The summed E-state index contributed by atoms with van der Waals surface area (Å²) < 4.78 is 6.48. The second-order valence-corrected chi connectivity index (χ2v) is 7.72. The second kappa shape index (κ2) is 7.61. The van der Waals surface area contributed by atoms with E-state index in [2.05, 4.69) is 60.8 Å². The second-order valence-electron chi connectivity index (χ2n) is 7.72. The topological polar surface area (TPSA) is 21.3 Å². The Morgan fingerprint density at radius 1 is 0.880 bits per heavy atom. The number of nitrogens with one attached hydrogen (secondary N) is 1. The summed E-state index contributed by atoms with van der Waals surface area (Å²) in [6.45, 7) is 2.12. The first-order valence-corrected chi connectivity index (χ1v) is 9.87. The van der Waals surface area contributed by atoms with Gasteiger partial charge in [-0.3, -0.25) is 0 Å². The van der Waals surface area contributed by atoms with Gasteiger partial charge in [-0.15, -0.1) is 0 Å². The van der Waals surface area contributed by atoms with Crippen molar-refractivity contribution in [1.29, 1.82) is 0 Å². The molecule has 4 rings (SSSR count). The maximum absolute atomic E-state index is 6.48. The highest BCUT2D eigenvalue weighted by Gasteiger charge is 2.35. The summed E-state index contributed by atoms with van der Waals surface area (Å²) in [6, 6.07) is 18.3. The van der Waals surface area contributed by atoms with Crippen molar-refractivity contribution >= 4 is 0 Å². The van der Waals surface area contributed by atoms with E-state index in [0.29, 0.717) is 12.1 Å². The Morgan fingerprint density at radius 3 is 2.36 bits per heavy atom. The summed E-state index contributed by atoms with van der Waals surface area (Å²) in [5, 5.41) is 3.96. The Morgan fingerprint density at radius 2 is 1.60 bits per heavy atom. The van der Waals surface area contributed by atoms with E-state index >= 15 is 0 Å². The van der Waals surface area contributed by atoms with E-state index in [1.54, 1.807) is 0 Å². The van der Waals surface area contributed by atoms with Gasteiger partial charge in [0.25, 0.3) is 0 Å². The fourth-order valence-corrected chi connectivity index (χ4v) is 4.36. The van der Waals surface area contributed by atoms with Gasteiger partial charge >= 0.3 is 0 Å². The van der Waals surface area contributed by atoms with Gasteiger partial charge in [0.15, 0.2) is 0 Å². The Balaban J connectivity index is 1.53. The molecule has 0 heterocycles. The number of rotatable bonds is 4. The van der Waals surface area contributed by atoms with Crippen molar-refractivity contribution in [1.82, 2.24) is 5.32 Å². The van der Waals surface area contributed by atoms with Crippen LogP contribution < -0.4 is 10.1 Å². The third-order valence-corrected chi connectivity index (χ3v) is 5.76. The van der Waals surface area contributed by atoms with Gasteiger partial charge in [-0.2, -0.15) is 0 Å². The zero-order valence-corrected chi connectivity index (χ0v) is 15.2. The first-order chi connectivity index (χ1) is 12.3. The van der Waals surface area contributed by atoms with Crippen LogP contribution in [-0.4, -0.2) is 12.1 Å². The first kappa shape index (κ1) is 16.7. The number of benzene rings is 2. The molecule has 1 saturated carbocycles. The molecule has 0 spiro atoms. The molecule has 0 aliphatic heterocycles. The fourth-order valence-electron chi connectivity index (χ4n) is 4.36. The number of fused-ring (bicyclic) bond motifs is 1. The molecular weight excluding hydrogens is 306 g/mol. The average Bonchev–Trinajstić information content (AvgIpc) is 2.79. The lowest BCUT2D eigenvalue weighted by Crippen LogP contribution is -2.42. The largest absolute Gasteiger partial charge is 0.484 e. The van der Waals surface area contributed by atoms with Crippen molar-refractivity contribution < 1.29 is 4.74 Å². The van der Waals surface area contributed by atoms with Crippen molar-refractivity contribution in [3.8, 4) is 5.75 Å². The lowest BCUT2D eigenvalue weighted by Gasteiger charge is -2.27. The van der Waals surface area contributed by atoms with Crippen LogP contribution in [0.4, 0.5) is 0 Å². The molecule has 1 N–H and O–H groups in total. The minimum Gasteiger partial charge on any atom is -0.484 e. The van der Waals surface area contributed by atoms with Gasteiger partial charge in [0, 0.05) is 6.04 Å². The molecule has 2 heteroatoms. The number of hydrogen-bond donors (Lipinski definition) is 1. The molecule has 1 fully saturated rings. The van der Waals surface area contributed by atoms with Crippen LogP contribution in [0, 0.1) is 6.92 Å². The Kier molecular flexibility index (Phi) is 5.07. The molecule has 0 bridgehead atoms.